The van der Waals surface area contributed by atoms with Gasteiger partial charge in [0, 0.05) is 19.3 Å². The molecule has 1 aromatic carbocycles. The van der Waals surface area contributed by atoms with Crippen LogP contribution < -0.4 is 10.2 Å². The topological polar surface area (TPSA) is 99.7 Å². The molecule has 0 saturated carbocycles. The van der Waals surface area contributed by atoms with Crippen molar-refractivity contribution in [3.8, 4) is 6.07 Å². The molecule has 152 valence electrons. The third-order valence-corrected chi connectivity index (χ3v) is 5.14. The third kappa shape index (κ3) is 4.63. The molecule has 4 rings (SSSR count). The van der Waals surface area contributed by atoms with Crippen molar-refractivity contribution in [2.75, 3.05) is 23.3 Å². The zero-order valence-corrected chi connectivity index (χ0v) is 16.9. The van der Waals surface area contributed by atoms with E-state index in [-0.39, 0.29) is 12.3 Å². The largest absolute Gasteiger partial charge is 0.357 e. The van der Waals surface area contributed by atoms with E-state index in [9.17, 15) is 4.79 Å². The number of carbonyl (C=O) groups excluding carboxylic acids is 1. The molecular formula is C22H23N7O. The van der Waals surface area contributed by atoms with E-state index in [1.54, 1.807) is 12.3 Å². The Hall–Kier alpha value is -3.73. The minimum absolute atomic E-state index is 0.160. The van der Waals surface area contributed by atoms with Gasteiger partial charge in [-0.3, -0.25) is 4.79 Å². The fourth-order valence-corrected chi connectivity index (χ4v) is 3.57. The summed E-state index contributed by atoms with van der Waals surface area (Å²) < 4.78 is 0. The highest BCUT2D eigenvalue weighted by Crippen LogP contribution is 2.18. The first kappa shape index (κ1) is 19.6. The average Bonchev–Trinajstić information content (AvgIpc) is 3.41. The lowest BCUT2D eigenvalue weighted by molar-refractivity contribution is -0.115. The van der Waals surface area contributed by atoms with Gasteiger partial charge in [-0.15, -0.1) is 5.10 Å². The predicted octanol–water partition coefficient (Wildman–Crippen LogP) is 2.68. The van der Waals surface area contributed by atoms with Crippen molar-refractivity contribution in [2.45, 2.75) is 32.7 Å². The van der Waals surface area contributed by atoms with Crippen molar-refractivity contribution >= 4 is 17.5 Å². The summed E-state index contributed by atoms with van der Waals surface area (Å²) in [6.07, 6.45) is 5.93. The van der Waals surface area contributed by atoms with E-state index in [4.69, 9.17) is 5.26 Å². The number of aryl methyl sites for hydroxylation is 1. The highest BCUT2D eigenvalue weighted by atomic mass is 16.1. The van der Waals surface area contributed by atoms with E-state index >= 15 is 0 Å². The molecule has 0 spiro atoms. The molecule has 0 atom stereocenters. The van der Waals surface area contributed by atoms with Crippen LogP contribution in [0.4, 0.5) is 11.6 Å². The lowest BCUT2D eigenvalue weighted by atomic mass is 10.1. The Kier molecular flexibility index (Phi) is 5.70. The number of hydrogen-bond acceptors (Lipinski definition) is 6. The van der Waals surface area contributed by atoms with Gasteiger partial charge in [-0.05, 0) is 48.6 Å². The van der Waals surface area contributed by atoms with Crippen LogP contribution in [-0.2, 0) is 17.8 Å². The van der Waals surface area contributed by atoms with Crippen LogP contribution in [0.3, 0.4) is 0 Å². The highest BCUT2D eigenvalue weighted by molar-refractivity contribution is 5.91. The number of rotatable bonds is 6. The van der Waals surface area contributed by atoms with E-state index in [0.717, 1.165) is 35.6 Å². The molecular weight excluding hydrogens is 378 g/mol. The van der Waals surface area contributed by atoms with Crippen LogP contribution in [0.2, 0.25) is 0 Å². The predicted molar refractivity (Wildman–Crippen MR) is 113 cm³/mol. The number of carbonyl (C=O) groups is 1. The summed E-state index contributed by atoms with van der Waals surface area (Å²) in [5.41, 5.74) is 3.42. The summed E-state index contributed by atoms with van der Waals surface area (Å²) in [5, 5.41) is 20.3. The van der Waals surface area contributed by atoms with Crippen molar-refractivity contribution in [3.05, 3.63) is 65.0 Å². The first-order valence-corrected chi connectivity index (χ1v) is 10.0. The van der Waals surface area contributed by atoms with Gasteiger partial charge in [0.1, 0.15) is 5.82 Å². The lowest BCUT2D eigenvalue weighted by Gasteiger charge is -2.16. The number of nitriles is 1. The van der Waals surface area contributed by atoms with E-state index in [1.807, 2.05) is 31.2 Å². The Labute approximate surface area is 175 Å². The van der Waals surface area contributed by atoms with Crippen molar-refractivity contribution in [1.82, 2.24) is 20.0 Å². The van der Waals surface area contributed by atoms with Gasteiger partial charge < -0.3 is 10.2 Å². The first-order valence-electron chi connectivity index (χ1n) is 10.0. The number of nitrogens with zero attached hydrogens (tertiary/aromatic N) is 6. The molecule has 1 amide bonds. The van der Waals surface area contributed by atoms with Crippen molar-refractivity contribution in [1.29, 1.82) is 5.26 Å². The average molecular weight is 401 g/mol. The van der Waals surface area contributed by atoms with Gasteiger partial charge in [0.25, 0.3) is 0 Å². The number of benzene rings is 1. The number of nitrogens with one attached hydrogen (secondary N) is 1. The van der Waals surface area contributed by atoms with Crippen molar-refractivity contribution < 1.29 is 4.79 Å². The summed E-state index contributed by atoms with van der Waals surface area (Å²) >= 11 is 0. The second-order valence-electron chi connectivity index (χ2n) is 7.47. The molecule has 3 heterocycles. The van der Waals surface area contributed by atoms with Crippen LogP contribution in [0, 0.1) is 18.3 Å². The normalized spacial score (nSPS) is 13.3. The second-order valence-corrected chi connectivity index (χ2v) is 7.47. The number of anilines is 2. The molecule has 30 heavy (non-hydrogen) atoms. The third-order valence-electron chi connectivity index (χ3n) is 5.14. The summed E-state index contributed by atoms with van der Waals surface area (Å²) in [4.78, 5) is 20.6. The van der Waals surface area contributed by atoms with E-state index in [1.165, 1.54) is 23.8 Å². The van der Waals surface area contributed by atoms with Crippen LogP contribution in [0.1, 0.15) is 35.1 Å². The summed E-state index contributed by atoms with van der Waals surface area (Å²) in [5.74, 6) is 1.22. The maximum atomic E-state index is 12.3. The fraction of sp³-hybridized carbons (Fsp3) is 0.318. The van der Waals surface area contributed by atoms with Gasteiger partial charge in [-0.1, -0.05) is 18.2 Å². The molecule has 0 bridgehead atoms. The summed E-state index contributed by atoms with van der Waals surface area (Å²) in [6, 6.07) is 11.7. The van der Waals surface area contributed by atoms with E-state index in [2.05, 4.69) is 31.5 Å². The molecule has 0 radical (unpaired) electrons. The Morgan fingerprint density at radius 1 is 1.17 bits per heavy atom. The molecule has 0 unspecified atom stereocenters. The van der Waals surface area contributed by atoms with Gasteiger partial charge in [0.15, 0.2) is 5.82 Å². The van der Waals surface area contributed by atoms with Crippen LogP contribution in [0.25, 0.3) is 0 Å². The zero-order valence-electron chi connectivity index (χ0n) is 16.9. The van der Waals surface area contributed by atoms with Crippen molar-refractivity contribution in [2.24, 2.45) is 0 Å². The van der Waals surface area contributed by atoms with Gasteiger partial charge >= 0.3 is 0 Å². The van der Waals surface area contributed by atoms with Gasteiger partial charge in [0.2, 0.25) is 5.91 Å². The van der Waals surface area contributed by atoms with Crippen molar-refractivity contribution in [3.63, 3.8) is 0 Å². The molecule has 2 aromatic heterocycles. The maximum Gasteiger partial charge on any atom is 0.230 e. The number of hydrogen-bond donors (Lipinski definition) is 1. The molecule has 1 aliphatic rings. The minimum Gasteiger partial charge on any atom is -0.357 e. The molecule has 8 nitrogen and oxygen atoms in total. The molecule has 1 fully saturated rings. The fourth-order valence-electron chi connectivity index (χ4n) is 3.57. The summed E-state index contributed by atoms with van der Waals surface area (Å²) in [6.45, 7) is 4.45. The Morgan fingerprint density at radius 2 is 1.97 bits per heavy atom. The van der Waals surface area contributed by atoms with E-state index < -0.39 is 0 Å². The second kappa shape index (κ2) is 8.74. The summed E-state index contributed by atoms with van der Waals surface area (Å²) in [7, 11) is 0. The zero-order chi connectivity index (χ0) is 20.9. The van der Waals surface area contributed by atoms with Crippen LogP contribution in [0.15, 0.2) is 42.7 Å². The van der Waals surface area contributed by atoms with Gasteiger partial charge in [0.05, 0.1) is 30.8 Å². The monoisotopic (exact) mass is 401 g/mol. The quantitative estimate of drug-likeness (QED) is 0.682. The molecule has 8 heteroatoms. The van der Waals surface area contributed by atoms with Crippen LogP contribution in [0.5, 0.6) is 0 Å². The van der Waals surface area contributed by atoms with Gasteiger partial charge in [-0.25, -0.2) is 4.98 Å². The number of aromatic nitrogens is 4. The van der Waals surface area contributed by atoms with Crippen LogP contribution >= 0.6 is 0 Å². The highest BCUT2D eigenvalue weighted by Gasteiger charge is 2.14. The Bertz CT molecular complexity index is 1080. The number of pyridine rings is 1. The maximum absolute atomic E-state index is 12.3. The molecule has 1 aliphatic heterocycles. The first-order chi connectivity index (χ1) is 14.6. The Morgan fingerprint density at radius 3 is 2.67 bits per heavy atom. The standard InChI is InChI=1S/C22H23N7O/c1-16-10-18(4-6-19(16)12-23)15-29-25-14-20(27-29)26-22(30)11-17-5-7-21(24-13-17)28-8-2-3-9-28/h4-7,10,13-14H,2-3,8-9,11,15H2,1H3,(H,26,27,30). The van der Waals surface area contributed by atoms with Crippen LogP contribution in [-0.4, -0.2) is 39.0 Å². The lowest BCUT2D eigenvalue weighted by Crippen LogP contribution is -2.19. The number of amides is 1. The SMILES string of the molecule is Cc1cc(Cn2ncc(NC(=O)Cc3ccc(N4CCCC4)nc3)n2)ccc1C#N. The molecule has 1 N–H and O–H groups in total. The smallest absolute Gasteiger partial charge is 0.230 e. The van der Waals surface area contributed by atoms with Gasteiger partial charge in [-0.2, -0.15) is 15.2 Å². The Balaban J connectivity index is 1.32. The molecule has 3 aromatic rings. The minimum atomic E-state index is -0.160. The van der Waals surface area contributed by atoms with E-state index in [0.29, 0.717) is 17.9 Å². The molecule has 0 aliphatic carbocycles. The molecule has 1 saturated heterocycles.